The van der Waals surface area contributed by atoms with E-state index in [9.17, 15) is 14.9 Å². The van der Waals surface area contributed by atoms with Gasteiger partial charge in [0.05, 0.1) is 4.92 Å². The SMILES string of the molecule is CNc1ncnc(Sc2nc(N)cc(=O)[nH]2)c1[N+](=O)[O-]. The van der Waals surface area contributed by atoms with Crippen LogP contribution in [-0.4, -0.2) is 31.9 Å². The van der Waals surface area contributed by atoms with Crippen molar-refractivity contribution in [3.63, 3.8) is 0 Å². The Hall–Kier alpha value is -2.69. The van der Waals surface area contributed by atoms with E-state index in [1.165, 1.54) is 13.4 Å². The first kappa shape index (κ1) is 13.7. The van der Waals surface area contributed by atoms with Crippen LogP contribution in [0.4, 0.5) is 17.3 Å². The summed E-state index contributed by atoms with van der Waals surface area (Å²) in [4.78, 5) is 35.6. The highest BCUT2D eigenvalue weighted by molar-refractivity contribution is 7.99. The normalized spacial score (nSPS) is 10.2. The molecule has 0 amide bonds. The van der Waals surface area contributed by atoms with Crippen LogP contribution < -0.4 is 16.6 Å². The first-order chi connectivity index (χ1) is 9.51. The van der Waals surface area contributed by atoms with Crippen molar-refractivity contribution in [2.75, 3.05) is 18.1 Å². The van der Waals surface area contributed by atoms with Crippen molar-refractivity contribution in [1.82, 2.24) is 19.9 Å². The van der Waals surface area contributed by atoms with Crippen LogP contribution in [0.2, 0.25) is 0 Å². The smallest absolute Gasteiger partial charge is 0.343 e. The molecular formula is C9H9N7O3S. The molecule has 0 saturated heterocycles. The summed E-state index contributed by atoms with van der Waals surface area (Å²) in [5.74, 6) is 0.0838. The Morgan fingerprint density at radius 3 is 2.85 bits per heavy atom. The molecule has 0 spiro atoms. The maximum atomic E-state index is 11.3. The van der Waals surface area contributed by atoms with E-state index < -0.39 is 10.5 Å². The molecule has 20 heavy (non-hydrogen) atoms. The molecule has 0 saturated carbocycles. The molecule has 0 bridgehead atoms. The number of nitrogens with zero attached hydrogens (tertiary/aromatic N) is 4. The van der Waals surface area contributed by atoms with E-state index in [2.05, 4.69) is 25.3 Å². The molecule has 0 fully saturated rings. The number of aromatic amines is 1. The predicted molar refractivity (Wildman–Crippen MR) is 71.6 cm³/mol. The largest absolute Gasteiger partial charge is 0.383 e. The van der Waals surface area contributed by atoms with Crippen LogP contribution in [0.15, 0.2) is 27.4 Å². The summed E-state index contributed by atoms with van der Waals surface area (Å²) in [6, 6.07) is 1.11. The van der Waals surface area contributed by atoms with E-state index in [1.54, 1.807) is 0 Å². The highest BCUT2D eigenvalue weighted by Gasteiger charge is 2.23. The second kappa shape index (κ2) is 5.52. The molecule has 11 heteroatoms. The molecule has 0 atom stereocenters. The van der Waals surface area contributed by atoms with Crippen molar-refractivity contribution in [1.29, 1.82) is 0 Å². The van der Waals surface area contributed by atoms with Crippen LogP contribution >= 0.6 is 11.8 Å². The third-order valence-corrected chi connectivity index (χ3v) is 3.02. The minimum Gasteiger partial charge on any atom is -0.383 e. The van der Waals surface area contributed by atoms with E-state index >= 15 is 0 Å². The fourth-order valence-corrected chi connectivity index (χ4v) is 2.23. The Kier molecular flexibility index (Phi) is 3.79. The highest BCUT2D eigenvalue weighted by atomic mass is 32.2. The van der Waals surface area contributed by atoms with Crippen molar-refractivity contribution >= 4 is 29.1 Å². The predicted octanol–water partition coefficient (Wildman–Crippen LogP) is 0.243. The van der Waals surface area contributed by atoms with Gasteiger partial charge in [0, 0.05) is 13.1 Å². The Morgan fingerprint density at radius 1 is 1.50 bits per heavy atom. The molecule has 10 nitrogen and oxygen atoms in total. The van der Waals surface area contributed by atoms with Gasteiger partial charge in [-0.2, -0.15) is 0 Å². The Labute approximate surface area is 116 Å². The monoisotopic (exact) mass is 295 g/mol. The lowest BCUT2D eigenvalue weighted by Crippen LogP contribution is -2.10. The number of nitrogens with one attached hydrogen (secondary N) is 2. The second-order valence-corrected chi connectivity index (χ2v) is 4.44. The Morgan fingerprint density at radius 2 is 2.25 bits per heavy atom. The molecule has 0 unspecified atom stereocenters. The van der Waals surface area contributed by atoms with Crippen molar-refractivity contribution in [2.24, 2.45) is 0 Å². The van der Waals surface area contributed by atoms with Crippen molar-refractivity contribution in [3.8, 4) is 0 Å². The van der Waals surface area contributed by atoms with Crippen molar-refractivity contribution in [2.45, 2.75) is 10.2 Å². The van der Waals surface area contributed by atoms with Crippen molar-refractivity contribution < 1.29 is 4.92 Å². The molecule has 2 rings (SSSR count). The van der Waals surface area contributed by atoms with Gasteiger partial charge in [0.15, 0.2) is 10.2 Å². The molecule has 4 N–H and O–H groups in total. The molecular weight excluding hydrogens is 286 g/mol. The lowest BCUT2D eigenvalue weighted by Gasteiger charge is -2.04. The lowest BCUT2D eigenvalue weighted by molar-refractivity contribution is -0.387. The van der Waals surface area contributed by atoms with Gasteiger partial charge in [0.25, 0.3) is 5.56 Å². The molecule has 0 aliphatic carbocycles. The summed E-state index contributed by atoms with van der Waals surface area (Å²) >= 11 is 0.821. The summed E-state index contributed by atoms with van der Waals surface area (Å²) in [6.45, 7) is 0. The zero-order valence-corrected chi connectivity index (χ0v) is 11.0. The van der Waals surface area contributed by atoms with Gasteiger partial charge in [0.2, 0.25) is 5.82 Å². The topological polar surface area (TPSA) is 153 Å². The van der Waals surface area contributed by atoms with Crippen LogP contribution in [0, 0.1) is 10.1 Å². The number of hydrogen-bond donors (Lipinski definition) is 3. The summed E-state index contributed by atoms with van der Waals surface area (Å²) in [7, 11) is 1.50. The third kappa shape index (κ3) is 2.83. The van der Waals surface area contributed by atoms with Crippen LogP contribution in [0.1, 0.15) is 0 Å². The molecule has 104 valence electrons. The zero-order valence-electron chi connectivity index (χ0n) is 10.2. The summed E-state index contributed by atoms with van der Waals surface area (Å²) < 4.78 is 0. The third-order valence-electron chi connectivity index (χ3n) is 2.14. The Bertz CT molecular complexity index is 717. The lowest BCUT2D eigenvalue weighted by atomic mass is 10.5. The number of hydrogen-bond acceptors (Lipinski definition) is 9. The van der Waals surface area contributed by atoms with Gasteiger partial charge in [-0.3, -0.25) is 14.9 Å². The number of nitrogens with two attached hydrogens (primary N) is 1. The number of nitrogen functional groups attached to an aromatic ring is 1. The van der Waals surface area contributed by atoms with Gasteiger partial charge >= 0.3 is 5.69 Å². The second-order valence-electron chi connectivity index (χ2n) is 3.46. The first-order valence-corrected chi connectivity index (χ1v) is 6.04. The van der Waals surface area contributed by atoms with Gasteiger partial charge < -0.3 is 16.0 Å². The average Bonchev–Trinajstić information content (AvgIpc) is 2.36. The van der Waals surface area contributed by atoms with Gasteiger partial charge in [-0.05, 0) is 11.8 Å². The number of nitro groups is 1. The number of H-pyrrole nitrogens is 1. The van der Waals surface area contributed by atoms with Crippen LogP contribution in [0.5, 0.6) is 0 Å². The highest BCUT2D eigenvalue weighted by Crippen LogP contribution is 2.34. The maximum absolute atomic E-state index is 11.3. The summed E-state index contributed by atoms with van der Waals surface area (Å²) in [5.41, 5.74) is 4.69. The van der Waals surface area contributed by atoms with Gasteiger partial charge in [-0.25, -0.2) is 15.0 Å². The van der Waals surface area contributed by atoms with E-state index in [1.807, 2.05) is 0 Å². The van der Waals surface area contributed by atoms with E-state index in [0.717, 1.165) is 17.8 Å². The minimum atomic E-state index is -0.613. The van der Waals surface area contributed by atoms with Crippen LogP contribution in [-0.2, 0) is 0 Å². The van der Waals surface area contributed by atoms with Gasteiger partial charge in [-0.15, -0.1) is 0 Å². The number of anilines is 2. The number of aromatic nitrogens is 4. The molecule has 0 radical (unpaired) electrons. The molecule has 2 aromatic rings. The maximum Gasteiger partial charge on any atom is 0.343 e. The quantitative estimate of drug-likeness (QED) is 0.311. The van der Waals surface area contributed by atoms with E-state index in [0.29, 0.717) is 0 Å². The molecule has 0 aliphatic heterocycles. The van der Waals surface area contributed by atoms with Gasteiger partial charge in [0.1, 0.15) is 12.1 Å². The minimum absolute atomic E-state index is 0.0156. The fourth-order valence-electron chi connectivity index (χ4n) is 1.38. The van der Waals surface area contributed by atoms with Crippen LogP contribution in [0.25, 0.3) is 0 Å². The number of rotatable bonds is 4. The molecule has 0 aliphatic rings. The van der Waals surface area contributed by atoms with Crippen molar-refractivity contribution in [3.05, 3.63) is 32.9 Å². The Balaban J connectivity index is 2.48. The standard InChI is InChI=1S/C9H9N7O3S/c1-11-7-6(16(18)19)8(13-3-12-7)20-9-14-4(10)2-5(17)15-9/h2-3H,1H3,(H,11,12,13)(H3,10,14,15,17). The van der Waals surface area contributed by atoms with Crippen LogP contribution in [0.3, 0.4) is 0 Å². The zero-order chi connectivity index (χ0) is 14.7. The molecule has 2 heterocycles. The van der Waals surface area contributed by atoms with E-state index in [-0.39, 0.29) is 27.5 Å². The summed E-state index contributed by atoms with van der Waals surface area (Å²) in [5, 5.41) is 13.8. The summed E-state index contributed by atoms with van der Waals surface area (Å²) in [6.07, 6.45) is 1.17. The van der Waals surface area contributed by atoms with E-state index in [4.69, 9.17) is 5.73 Å². The molecule has 2 aromatic heterocycles. The fraction of sp³-hybridized carbons (Fsp3) is 0.111. The average molecular weight is 295 g/mol. The van der Waals surface area contributed by atoms with Gasteiger partial charge in [-0.1, -0.05) is 0 Å². The first-order valence-electron chi connectivity index (χ1n) is 5.23. The molecule has 0 aromatic carbocycles.